The summed E-state index contributed by atoms with van der Waals surface area (Å²) in [4.78, 5) is 12.1. The van der Waals surface area contributed by atoms with Crippen molar-refractivity contribution in [1.29, 1.82) is 0 Å². The zero-order valence-corrected chi connectivity index (χ0v) is 13.7. The van der Waals surface area contributed by atoms with Gasteiger partial charge in [0.2, 0.25) is 0 Å². The molecule has 4 N–H and O–H groups in total. The maximum absolute atomic E-state index is 12.1. The third-order valence-electron chi connectivity index (χ3n) is 2.47. The molecule has 0 bridgehead atoms. The maximum atomic E-state index is 12.1. The van der Waals surface area contributed by atoms with Crippen molar-refractivity contribution in [2.45, 2.75) is 0 Å². The summed E-state index contributed by atoms with van der Waals surface area (Å²) in [6.07, 6.45) is 0. The Bertz CT molecular complexity index is 778. The number of hydrogen-bond donors (Lipinski definition) is 3. The van der Waals surface area contributed by atoms with Gasteiger partial charge in [-0.15, -0.1) is 0 Å². The van der Waals surface area contributed by atoms with Gasteiger partial charge in [0.15, 0.2) is 0 Å². The van der Waals surface area contributed by atoms with Gasteiger partial charge in [-0.05, 0) is 59.0 Å². The third-order valence-corrected chi connectivity index (χ3v) is 3.66. The molecular weight excluding hydrogens is 405 g/mol. The molecule has 0 spiro atoms. The molecule has 1 amide bonds. The van der Waals surface area contributed by atoms with Crippen LogP contribution in [0.4, 0.5) is 11.4 Å². The fourth-order valence-corrected chi connectivity index (χ4v) is 2.66. The second-order valence-corrected chi connectivity index (χ2v) is 6.73. The molecule has 0 saturated carbocycles. The quantitative estimate of drug-likeness (QED) is 0.665. The number of benzene rings is 2. The summed E-state index contributed by atoms with van der Waals surface area (Å²) in [6, 6.07) is 13.4. The van der Waals surface area contributed by atoms with E-state index in [1.165, 1.54) is 12.1 Å². The van der Waals surface area contributed by atoms with E-state index in [-0.39, 0.29) is 11.6 Å². The van der Waals surface area contributed by atoms with Gasteiger partial charge in [0.1, 0.15) is 0 Å². The Morgan fingerprint density at radius 1 is 1.05 bits per heavy atom. The summed E-state index contributed by atoms with van der Waals surface area (Å²) in [6.45, 7) is 0. The van der Waals surface area contributed by atoms with Crippen LogP contribution in [0.2, 0.25) is 0 Å². The highest BCUT2D eigenvalue weighted by Crippen LogP contribution is 2.17. The van der Waals surface area contributed by atoms with Gasteiger partial charge in [-0.3, -0.25) is 9.52 Å². The van der Waals surface area contributed by atoms with Crippen molar-refractivity contribution in [3.05, 3.63) is 57.7 Å². The highest BCUT2D eigenvalue weighted by atomic mass is 127. The van der Waals surface area contributed by atoms with E-state index in [0.29, 0.717) is 11.3 Å². The molecule has 110 valence electrons. The molecule has 8 heteroatoms. The van der Waals surface area contributed by atoms with Crippen molar-refractivity contribution < 1.29 is 13.2 Å². The number of nitrogens with one attached hydrogen (secondary N) is 2. The minimum absolute atomic E-state index is 0.276. The van der Waals surface area contributed by atoms with Crippen LogP contribution in [0.25, 0.3) is 0 Å². The zero-order valence-electron chi connectivity index (χ0n) is 10.7. The van der Waals surface area contributed by atoms with E-state index < -0.39 is 10.2 Å². The third kappa shape index (κ3) is 4.99. The van der Waals surface area contributed by atoms with E-state index in [9.17, 15) is 13.2 Å². The number of rotatable bonds is 4. The van der Waals surface area contributed by atoms with Crippen LogP contribution in [0.3, 0.4) is 0 Å². The molecule has 2 aromatic rings. The molecule has 2 rings (SSSR count). The molecule has 0 radical (unpaired) electrons. The smallest absolute Gasteiger partial charge is 0.296 e. The van der Waals surface area contributed by atoms with Gasteiger partial charge < -0.3 is 5.32 Å². The van der Waals surface area contributed by atoms with Gasteiger partial charge >= 0.3 is 0 Å². The lowest BCUT2D eigenvalue weighted by atomic mass is 10.2. The Labute approximate surface area is 136 Å². The standard InChI is InChI=1S/C13H12IN3O3S/c14-10-4-1-3-9(7-10)13(18)16-11-5-2-6-12(8-11)17-21(15,19)20/h1-8,17H,(H,16,18)(H2,15,19,20). The van der Waals surface area contributed by atoms with Crippen molar-refractivity contribution in [3.8, 4) is 0 Å². The van der Waals surface area contributed by atoms with Crippen molar-refractivity contribution in [3.63, 3.8) is 0 Å². The lowest BCUT2D eigenvalue weighted by molar-refractivity contribution is 0.102. The largest absolute Gasteiger partial charge is 0.322 e. The van der Waals surface area contributed by atoms with Crippen LogP contribution in [0.15, 0.2) is 48.5 Å². The molecule has 21 heavy (non-hydrogen) atoms. The second-order valence-electron chi connectivity index (χ2n) is 4.19. The average molecular weight is 417 g/mol. The lowest BCUT2D eigenvalue weighted by Gasteiger charge is -2.08. The van der Waals surface area contributed by atoms with Gasteiger partial charge in [-0.1, -0.05) is 12.1 Å². The van der Waals surface area contributed by atoms with Crippen LogP contribution in [0.1, 0.15) is 10.4 Å². The topological polar surface area (TPSA) is 101 Å². The van der Waals surface area contributed by atoms with Crippen LogP contribution in [0.5, 0.6) is 0 Å². The minimum atomic E-state index is -3.84. The molecule has 0 atom stereocenters. The fourth-order valence-electron chi connectivity index (χ4n) is 1.66. The minimum Gasteiger partial charge on any atom is -0.322 e. The van der Waals surface area contributed by atoms with E-state index in [1.54, 1.807) is 30.3 Å². The fraction of sp³-hybridized carbons (Fsp3) is 0. The first-order valence-electron chi connectivity index (χ1n) is 5.81. The average Bonchev–Trinajstić information content (AvgIpc) is 2.37. The van der Waals surface area contributed by atoms with Gasteiger partial charge in [0, 0.05) is 14.8 Å². The molecule has 0 unspecified atom stereocenters. The molecule has 0 aliphatic heterocycles. The molecule has 0 heterocycles. The molecule has 0 aliphatic carbocycles. The Kier molecular flexibility index (Phi) is 4.80. The highest BCUT2D eigenvalue weighted by Gasteiger charge is 2.08. The van der Waals surface area contributed by atoms with Crippen LogP contribution in [-0.4, -0.2) is 14.3 Å². The van der Waals surface area contributed by atoms with E-state index in [0.717, 1.165) is 3.57 Å². The molecular formula is C13H12IN3O3S. The number of carbonyl (C=O) groups excluding carboxylic acids is 1. The summed E-state index contributed by atoms with van der Waals surface area (Å²) >= 11 is 2.12. The summed E-state index contributed by atoms with van der Waals surface area (Å²) in [5, 5.41) is 7.59. The first-order chi connectivity index (χ1) is 9.83. The number of amides is 1. The van der Waals surface area contributed by atoms with Gasteiger partial charge in [0.05, 0.1) is 5.69 Å². The van der Waals surface area contributed by atoms with Crippen LogP contribution in [0, 0.1) is 3.57 Å². The van der Waals surface area contributed by atoms with E-state index in [2.05, 4.69) is 32.6 Å². The van der Waals surface area contributed by atoms with E-state index in [1.807, 2.05) is 6.07 Å². The molecule has 0 aliphatic rings. The summed E-state index contributed by atoms with van der Waals surface area (Å²) in [7, 11) is -3.84. The number of hydrogen-bond acceptors (Lipinski definition) is 3. The molecule has 2 aromatic carbocycles. The normalized spacial score (nSPS) is 11.0. The lowest BCUT2D eigenvalue weighted by Crippen LogP contribution is -2.21. The first kappa shape index (κ1) is 15.7. The Balaban J connectivity index is 2.16. The molecule has 0 aromatic heterocycles. The summed E-state index contributed by atoms with van der Waals surface area (Å²) in [5.74, 6) is -0.277. The zero-order chi connectivity index (χ0) is 15.5. The van der Waals surface area contributed by atoms with Crippen LogP contribution in [-0.2, 0) is 10.2 Å². The molecule has 0 fully saturated rings. The van der Waals surface area contributed by atoms with Crippen LogP contribution >= 0.6 is 22.6 Å². The molecule has 0 saturated heterocycles. The Morgan fingerprint density at radius 3 is 2.38 bits per heavy atom. The SMILES string of the molecule is NS(=O)(=O)Nc1cccc(NC(=O)c2cccc(I)c2)c1. The molecule has 6 nitrogen and oxygen atoms in total. The van der Waals surface area contributed by atoms with Crippen molar-refractivity contribution in [1.82, 2.24) is 0 Å². The number of nitrogens with two attached hydrogens (primary N) is 1. The predicted octanol–water partition coefficient (Wildman–Crippen LogP) is 2.16. The predicted molar refractivity (Wildman–Crippen MR) is 90.3 cm³/mol. The Hall–Kier alpha value is -1.65. The van der Waals surface area contributed by atoms with Crippen molar-refractivity contribution >= 4 is 50.1 Å². The van der Waals surface area contributed by atoms with Crippen molar-refractivity contribution in [2.24, 2.45) is 5.14 Å². The monoisotopic (exact) mass is 417 g/mol. The van der Waals surface area contributed by atoms with Crippen molar-refractivity contribution in [2.75, 3.05) is 10.0 Å². The number of carbonyl (C=O) groups is 1. The maximum Gasteiger partial charge on any atom is 0.296 e. The first-order valence-corrected chi connectivity index (χ1v) is 8.43. The summed E-state index contributed by atoms with van der Waals surface area (Å²) < 4.78 is 25.0. The Morgan fingerprint density at radius 2 is 1.71 bits per heavy atom. The van der Waals surface area contributed by atoms with E-state index >= 15 is 0 Å². The van der Waals surface area contributed by atoms with Crippen LogP contribution < -0.4 is 15.2 Å². The van der Waals surface area contributed by atoms with Gasteiger partial charge in [0.25, 0.3) is 16.1 Å². The van der Waals surface area contributed by atoms with Gasteiger partial charge in [-0.25, -0.2) is 5.14 Å². The van der Waals surface area contributed by atoms with Gasteiger partial charge in [-0.2, -0.15) is 8.42 Å². The number of halogens is 1. The highest BCUT2D eigenvalue weighted by molar-refractivity contribution is 14.1. The second kappa shape index (κ2) is 6.41. The van der Waals surface area contributed by atoms with E-state index in [4.69, 9.17) is 5.14 Å². The number of anilines is 2. The summed E-state index contributed by atoms with van der Waals surface area (Å²) in [5.41, 5.74) is 1.26.